The van der Waals surface area contributed by atoms with Gasteiger partial charge in [-0.3, -0.25) is 4.79 Å². The molecular weight excluding hydrogens is 280 g/mol. The van der Waals surface area contributed by atoms with E-state index in [1.54, 1.807) is 18.3 Å². The molecule has 2 N–H and O–H groups in total. The molecule has 0 radical (unpaired) electrons. The van der Waals surface area contributed by atoms with E-state index in [9.17, 15) is 4.79 Å². The maximum atomic E-state index is 12.1. The van der Waals surface area contributed by atoms with E-state index in [2.05, 4.69) is 4.98 Å². The number of hydrogen-bond acceptors (Lipinski definition) is 4. The van der Waals surface area contributed by atoms with Crippen LogP contribution in [0.5, 0.6) is 0 Å². The first-order chi connectivity index (χ1) is 9.06. The number of ketones is 1. The predicted octanol–water partition coefficient (Wildman–Crippen LogP) is 3.60. The number of nitrogen functional groups attached to an aromatic ring is 1. The Morgan fingerprint density at radius 2 is 2.21 bits per heavy atom. The number of benzene rings is 1. The monoisotopic (exact) mass is 292 g/mol. The molecule has 1 aromatic heterocycles. The Kier molecular flexibility index (Phi) is 4.45. The number of nitrogens with zero attached hydrogens (tertiary/aromatic N) is 1. The summed E-state index contributed by atoms with van der Waals surface area (Å²) in [6.45, 7) is 1.88. The second-order valence-corrected chi connectivity index (χ2v) is 5.60. The van der Waals surface area contributed by atoms with Crippen LogP contribution in [0, 0.1) is 6.92 Å². The lowest BCUT2D eigenvalue weighted by Crippen LogP contribution is -2.08. The minimum Gasteiger partial charge on any atom is -0.383 e. The first-order valence-corrected chi connectivity index (χ1v) is 7.06. The summed E-state index contributed by atoms with van der Waals surface area (Å²) in [6, 6.07) is 9.18. The average molecular weight is 293 g/mol. The fourth-order valence-electron chi connectivity index (χ4n) is 1.59. The third-order valence-corrected chi connectivity index (χ3v) is 3.75. The fourth-order valence-corrected chi connectivity index (χ4v) is 2.68. The van der Waals surface area contributed by atoms with Gasteiger partial charge in [0.05, 0.1) is 11.3 Å². The van der Waals surface area contributed by atoms with Crippen LogP contribution in [-0.2, 0) is 0 Å². The van der Waals surface area contributed by atoms with E-state index >= 15 is 0 Å². The molecule has 2 rings (SSSR count). The van der Waals surface area contributed by atoms with Gasteiger partial charge in [-0.15, -0.1) is 11.8 Å². The largest absolute Gasteiger partial charge is 0.383 e. The van der Waals surface area contributed by atoms with E-state index in [1.807, 2.05) is 25.1 Å². The molecule has 5 heteroatoms. The molecule has 0 aliphatic heterocycles. The predicted molar refractivity (Wildman–Crippen MR) is 79.9 cm³/mol. The molecule has 0 bridgehead atoms. The van der Waals surface area contributed by atoms with Gasteiger partial charge in [0.1, 0.15) is 5.82 Å². The molecule has 0 spiro atoms. The van der Waals surface area contributed by atoms with Crippen molar-refractivity contribution in [3.05, 3.63) is 52.7 Å². The second-order valence-electron chi connectivity index (χ2n) is 4.11. The van der Waals surface area contributed by atoms with Crippen LogP contribution in [0.25, 0.3) is 0 Å². The topological polar surface area (TPSA) is 56.0 Å². The molecule has 0 aliphatic carbocycles. The van der Waals surface area contributed by atoms with Gasteiger partial charge >= 0.3 is 0 Å². The second kappa shape index (κ2) is 6.08. The van der Waals surface area contributed by atoms with Crippen LogP contribution < -0.4 is 5.73 Å². The first kappa shape index (κ1) is 13.9. The van der Waals surface area contributed by atoms with Crippen molar-refractivity contribution >= 4 is 35.0 Å². The molecule has 1 heterocycles. The lowest BCUT2D eigenvalue weighted by atomic mass is 10.1. The number of halogens is 1. The highest BCUT2D eigenvalue weighted by Gasteiger charge is 2.11. The SMILES string of the molecule is Cc1cnc(N)c(C(=O)CSc2cccc(Cl)c2)c1. The van der Waals surface area contributed by atoms with Crippen molar-refractivity contribution in [3.8, 4) is 0 Å². The molecule has 0 unspecified atom stereocenters. The number of hydrogen-bond donors (Lipinski definition) is 1. The quantitative estimate of drug-likeness (QED) is 0.691. The Bertz CT molecular complexity index is 616. The Morgan fingerprint density at radius 1 is 1.42 bits per heavy atom. The molecule has 0 aliphatic rings. The summed E-state index contributed by atoms with van der Waals surface area (Å²) in [5.41, 5.74) is 7.12. The van der Waals surface area contributed by atoms with Crippen LogP contribution in [0.3, 0.4) is 0 Å². The summed E-state index contributed by atoms with van der Waals surface area (Å²) in [7, 11) is 0. The van der Waals surface area contributed by atoms with Crippen LogP contribution in [0.4, 0.5) is 5.82 Å². The number of nitrogens with two attached hydrogens (primary N) is 1. The highest BCUT2D eigenvalue weighted by molar-refractivity contribution is 8.00. The highest BCUT2D eigenvalue weighted by Crippen LogP contribution is 2.23. The lowest BCUT2D eigenvalue weighted by Gasteiger charge is -2.05. The van der Waals surface area contributed by atoms with Crippen LogP contribution in [-0.4, -0.2) is 16.5 Å². The van der Waals surface area contributed by atoms with E-state index in [0.29, 0.717) is 16.3 Å². The Balaban J connectivity index is 2.07. The summed E-state index contributed by atoms with van der Waals surface area (Å²) in [5.74, 6) is 0.566. The van der Waals surface area contributed by atoms with Gasteiger partial charge in [0.15, 0.2) is 5.78 Å². The van der Waals surface area contributed by atoms with Gasteiger partial charge in [-0.1, -0.05) is 17.7 Å². The smallest absolute Gasteiger partial charge is 0.176 e. The summed E-state index contributed by atoms with van der Waals surface area (Å²) in [4.78, 5) is 17.1. The number of aryl methyl sites for hydroxylation is 1. The molecular formula is C14H13ClN2OS. The molecule has 0 atom stereocenters. The maximum Gasteiger partial charge on any atom is 0.176 e. The van der Waals surface area contributed by atoms with Crippen molar-refractivity contribution in [1.29, 1.82) is 0 Å². The van der Waals surface area contributed by atoms with Crippen LogP contribution in [0.15, 0.2) is 41.4 Å². The summed E-state index contributed by atoms with van der Waals surface area (Å²) < 4.78 is 0. The summed E-state index contributed by atoms with van der Waals surface area (Å²) in [6.07, 6.45) is 1.65. The number of carbonyl (C=O) groups excluding carboxylic acids is 1. The molecule has 0 fully saturated rings. The number of Topliss-reactive ketones (excluding diaryl/α,β-unsaturated/α-hetero) is 1. The van der Waals surface area contributed by atoms with E-state index in [4.69, 9.17) is 17.3 Å². The number of rotatable bonds is 4. The van der Waals surface area contributed by atoms with Crippen molar-refractivity contribution in [1.82, 2.24) is 4.98 Å². The number of pyridine rings is 1. The molecule has 2 aromatic rings. The first-order valence-electron chi connectivity index (χ1n) is 5.70. The highest BCUT2D eigenvalue weighted by atomic mass is 35.5. The molecule has 0 saturated carbocycles. The third-order valence-electron chi connectivity index (χ3n) is 2.52. The zero-order chi connectivity index (χ0) is 13.8. The van der Waals surface area contributed by atoms with Gasteiger partial charge in [-0.2, -0.15) is 0 Å². The van der Waals surface area contributed by atoms with E-state index in [0.717, 1.165) is 10.5 Å². The Hall–Kier alpha value is -1.52. The minimum absolute atomic E-state index is 0.0290. The molecule has 19 heavy (non-hydrogen) atoms. The summed E-state index contributed by atoms with van der Waals surface area (Å²) >= 11 is 7.33. The van der Waals surface area contributed by atoms with Gasteiger partial charge in [-0.25, -0.2) is 4.98 Å². The van der Waals surface area contributed by atoms with Gasteiger partial charge < -0.3 is 5.73 Å². The minimum atomic E-state index is -0.0290. The van der Waals surface area contributed by atoms with Gasteiger partial charge in [0.25, 0.3) is 0 Å². The van der Waals surface area contributed by atoms with Gasteiger partial charge in [0.2, 0.25) is 0 Å². The lowest BCUT2D eigenvalue weighted by molar-refractivity contribution is 0.102. The number of carbonyl (C=O) groups is 1. The van der Waals surface area contributed by atoms with Crippen LogP contribution in [0.2, 0.25) is 5.02 Å². The number of thioether (sulfide) groups is 1. The summed E-state index contributed by atoms with van der Waals surface area (Å²) in [5, 5.41) is 0.661. The fraction of sp³-hybridized carbons (Fsp3) is 0.143. The van der Waals surface area contributed by atoms with E-state index < -0.39 is 0 Å². The van der Waals surface area contributed by atoms with Crippen molar-refractivity contribution < 1.29 is 4.79 Å². The van der Waals surface area contributed by atoms with Gasteiger partial charge in [-0.05, 0) is 36.8 Å². The third kappa shape index (κ3) is 3.72. The zero-order valence-electron chi connectivity index (χ0n) is 10.4. The molecule has 98 valence electrons. The van der Waals surface area contributed by atoms with Crippen molar-refractivity contribution in [2.75, 3.05) is 11.5 Å². The maximum absolute atomic E-state index is 12.1. The molecule has 1 aromatic carbocycles. The molecule has 3 nitrogen and oxygen atoms in total. The van der Waals surface area contributed by atoms with Gasteiger partial charge in [0, 0.05) is 16.1 Å². The molecule has 0 saturated heterocycles. The van der Waals surface area contributed by atoms with E-state index in [-0.39, 0.29) is 11.6 Å². The normalized spacial score (nSPS) is 10.4. The Morgan fingerprint density at radius 3 is 2.95 bits per heavy atom. The molecule has 0 amide bonds. The number of anilines is 1. The Labute approximate surface area is 121 Å². The average Bonchev–Trinajstić information content (AvgIpc) is 2.39. The van der Waals surface area contributed by atoms with Crippen molar-refractivity contribution in [3.63, 3.8) is 0 Å². The van der Waals surface area contributed by atoms with E-state index in [1.165, 1.54) is 11.8 Å². The van der Waals surface area contributed by atoms with Crippen LogP contribution in [0.1, 0.15) is 15.9 Å². The van der Waals surface area contributed by atoms with Crippen molar-refractivity contribution in [2.24, 2.45) is 0 Å². The zero-order valence-corrected chi connectivity index (χ0v) is 12.0. The van der Waals surface area contributed by atoms with Crippen LogP contribution >= 0.6 is 23.4 Å². The van der Waals surface area contributed by atoms with Crippen molar-refractivity contribution in [2.45, 2.75) is 11.8 Å². The standard InChI is InChI=1S/C14H13ClN2OS/c1-9-5-12(14(16)17-7-9)13(18)8-19-11-4-2-3-10(15)6-11/h2-7H,8H2,1H3,(H2,16,17). The number of aromatic nitrogens is 1.